The standard InChI is InChI=1S/C23H24ClN3O3/c1-13-4-9-20(14(2)10-13)27-23(30)19-11-16(22(29)25-15(19)3)12-21(28)26-18-7-5-17(24)6-8-18/h4-10,16H,11-12H2,1-3H3,(H,25,29)(H,26,28)(H,27,30). The Morgan fingerprint density at radius 1 is 1.07 bits per heavy atom. The van der Waals surface area contributed by atoms with Gasteiger partial charge in [-0.2, -0.15) is 0 Å². The summed E-state index contributed by atoms with van der Waals surface area (Å²) in [4.78, 5) is 37.6. The molecule has 0 bridgehead atoms. The molecule has 30 heavy (non-hydrogen) atoms. The molecule has 3 rings (SSSR count). The number of allylic oxidation sites excluding steroid dienone is 1. The van der Waals surface area contributed by atoms with Crippen molar-refractivity contribution in [3.05, 3.63) is 69.9 Å². The molecule has 0 radical (unpaired) electrons. The van der Waals surface area contributed by atoms with Crippen molar-refractivity contribution in [1.29, 1.82) is 0 Å². The monoisotopic (exact) mass is 425 g/mol. The van der Waals surface area contributed by atoms with Gasteiger partial charge in [0.2, 0.25) is 11.8 Å². The van der Waals surface area contributed by atoms with E-state index in [1.54, 1.807) is 31.2 Å². The third-order valence-corrected chi connectivity index (χ3v) is 5.30. The molecule has 2 aromatic rings. The molecule has 1 aliphatic heterocycles. The van der Waals surface area contributed by atoms with Crippen molar-refractivity contribution in [2.75, 3.05) is 10.6 Å². The Morgan fingerprint density at radius 2 is 1.77 bits per heavy atom. The highest BCUT2D eigenvalue weighted by Gasteiger charge is 2.31. The molecule has 1 heterocycles. The van der Waals surface area contributed by atoms with E-state index in [0.717, 1.165) is 16.8 Å². The maximum atomic E-state index is 12.8. The van der Waals surface area contributed by atoms with Crippen LogP contribution < -0.4 is 16.0 Å². The zero-order valence-electron chi connectivity index (χ0n) is 17.1. The third-order valence-electron chi connectivity index (χ3n) is 5.05. The van der Waals surface area contributed by atoms with E-state index in [1.807, 2.05) is 32.0 Å². The van der Waals surface area contributed by atoms with E-state index in [1.165, 1.54) is 0 Å². The summed E-state index contributed by atoms with van der Waals surface area (Å²) < 4.78 is 0. The molecule has 0 aliphatic carbocycles. The number of hydrogen-bond acceptors (Lipinski definition) is 3. The second-order valence-corrected chi connectivity index (χ2v) is 7.96. The van der Waals surface area contributed by atoms with Gasteiger partial charge in [0.1, 0.15) is 0 Å². The molecular weight excluding hydrogens is 402 g/mol. The van der Waals surface area contributed by atoms with Crippen molar-refractivity contribution in [2.24, 2.45) is 5.92 Å². The second-order valence-electron chi connectivity index (χ2n) is 7.53. The number of amides is 3. The minimum atomic E-state index is -0.624. The average Bonchev–Trinajstić information content (AvgIpc) is 2.68. The predicted octanol–water partition coefficient (Wildman–Crippen LogP) is 4.33. The van der Waals surface area contributed by atoms with Crippen LogP contribution in [0, 0.1) is 19.8 Å². The maximum absolute atomic E-state index is 12.8. The van der Waals surface area contributed by atoms with Gasteiger partial charge in [-0.3, -0.25) is 14.4 Å². The number of carbonyl (C=O) groups excluding carboxylic acids is 3. The number of anilines is 2. The number of rotatable bonds is 5. The molecule has 7 heteroatoms. The van der Waals surface area contributed by atoms with Gasteiger partial charge in [-0.15, -0.1) is 0 Å². The quantitative estimate of drug-likeness (QED) is 0.666. The fourth-order valence-electron chi connectivity index (χ4n) is 3.40. The van der Waals surface area contributed by atoms with E-state index < -0.39 is 5.92 Å². The summed E-state index contributed by atoms with van der Waals surface area (Å²) in [6.45, 7) is 5.61. The Hall–Kier alpha value is -3.12. The highest BCUT2D eigenvalue weighted by atomic mass is 35.5. The van der Waals surface area contributed by atoms with Crippen molar-refractivity contribution in [3.63, 3.8) is 0 Å². The lowest BCUT2D eigenvalue weighted by Crippen LogP contribution is -2.39. The van der Waals surface area contributed by atoms with Crippen LogP contribution in [-0.4, -0.2) is 17.7 Å². The molecule has 0 spiro atoms. The van der Waals surface area contributed by atoms with Crippen LogP contribution in [0.4, 0.5) is 11.4 Å². The maximum Gasteiger partial charge on any atom is 0.253 e. The molecule has 3 N–H and O–H groups in total. The molecule has 0 aromatic heterocycles. The van der Waals surface area contributed by atoms with Crippen LogP contribution in [0.3, 0.4) is 0 Å². The minimum Gasteiger partial charge on any atom is -0.329 e. The molecule has 6 nitrogen and oxygen atoms in total. The van der Waals surface area contributed by atoms with Crippen molar-refractivity contribution < 1.29 is 14.4 Å². The van der Waals surface area contributed by atoms with E-state index in [-0.39, 0.29) is 30.6 Å². The lowest BCUT2D eigenvalue weighted by molar-refractivity contribution is -0.128. The summed E-state index contributed by atoms with van der Waals surface area (Å²) in [7, 11) is 0. The first-order valence-corrected chi connectivity index (χ1v) is 10.1. The Balaban J connectivity index is 1.67. The van der Waals surface area contributed by atoms with E-state index >= 15 is 0 Å². The van der Waals surface area contributed by atoms with E-state index in [9.17, 15) is 14.4 Å². The van der Waals surface area contributed by atoms with Gasteiger partial charge in [0.05, 0.1) is 5.92 Å². The number of carbonyl (C=O) groups is 3. The molecule has 1 atom stereocenters. The first kappa shape index (κ1) is 21.6. The summed E-state index contributed by atoms with van der Waals surface area (Å²) in [6.07, 6.45) is 0.171. The normalized spacial score (nSPS) is 16.1. The summed E-state index contributed by atoms with van der Waals surface area (Å²) in [6, 6.07) is 12.5. The average molecular weight is 426 g/mol. The van der Waals surface area contributed by atoms with Gasteiger partial charge in [0.25, 0.3) is 5.91 Å². The number of nitrogens with one attached hydrogen (secondary N) is 3. The molecule has 0 saturated carbocycles. The lowest BCUT2D eigenvalue weighted by atomic mass is 9.90. The van der Waals surface area contributed by atoms with Crippen LogP contribution in [0.2, 0.25) is 5.02 Å². The first-order valence-electron chi connectivity index (χ1n) is 9.67. The van der Waals surface area contributed by atoms with Crippen LogP contribution in [-0.2, 0) is 14.4 Å². The largest absolute Gasteiger partial charge is 0.329 e. The zero-order chi connectivity index (χ0) is 21.8. The van der Waals surface area contributed by atoms with Crippen molar-refractivity contribution in [2.45, 2.75) is 33.6 Å². The molecule has 156 valence electrons. The highest BCUT2D eigenvalue weighted by molar-refractivity contribution is 6.30. The molecule has 0 fully saturated rings. The number of aryl methyl sites for hydroxylation is 2. The number of benzene rings is 2. The number of hydrogen-bond donors (Lipinski definition) is 3. The molecule has 1 unspecified atom stereocenters. The van der Waals surface area contributed by atoms with Gasteiger partial charge in [0.15, 0.2) is 0 Å². The molecule has 0 saturated heterocycles. The Kier molecular flexibility index (Phi) is 6.57. The Morgan fingerprint density at radius 3 is 2.43 bits per heavy atom. The predicted molar refractivity (Wildman–Crippen MR) is 118 cm³/mol. The summed E-state index contributed by atoms with van der Waals surface area (Å²) >= 11 is 5.85. The van der Waals surface area contributed by atoms with Crippen LogP contribution >= 0.6 is 11.6 Å². The number of halogens is 1. The molecule has 3 amide bonds. The van der Waals surface area contributed by atoms with Crippen LogP contribution in [0.5, 0.6) is 0 Å². The van der Waals surface area contributed by atoms with E-state index in [4.69, 9.17) is 11.6 Å². The van der Waals surface area contributed by atoms with Gasteiger partial charge in [-0.05, 0) is 63.1 Å². The molecule has 1 aliphatic rings. The van der Waals surface area contributed by atoms with Crippen molar-refractivity contribution in [1.82, 2.24) is 5.32 Å². The topological polar surface area (TPSA) is 87.3 Å². The van der Waals surface area contributed by atoms with Gasteiger partial charge < -0.3 is 16.0 Å². The van der Waals surface area contributed by atoms with Crippen molar-refractivity contribution in [3.8, 4) is 0 Å². The van der Waals surface area contributed by atoms with Gasteiger partial charge in [0, 0.05) is 34.1 Å². The van der Waals surface area contributed by atoms with Crippen LogP contribution in [0.1, 0.15) is 30.9 Å². The Bertz CT molecular complexity index is 1030. The smallest absolute Gasteiger partial charge is 0.253 e. The minimum absolute atomic E-state index is 0.0257. The van der Waals surface area contributed by atoms with E-state index in [2.05, 4.69) is 16.0 Å². The summed E-state index contributed by atoms with van der Waals surface area (Å²) in [5, 5.41) is 8.96. The molecular formula is C23H24ClN3O3. The van der Waals surface area contributed by atoms with Crippen LogP contribution in [0.15, 0.2) is 53.7 Å². The third kappa shape index (κ3) is 5.27. The Labute approximate surface area is 180 Å². The van der Waals surface area contributed by atoms with E-state index in [0.29, 0.717) is 22.0 Å². The SMILES string of the molecule is CC1=C(C(=O)Nc2ccc(C)cc2C)CC(CC(=O)Nc2ccc(Cl)cc2)C(=O)N1. The fourth-order valence-corrected chi connectivity index (χ4v) is 3.53. The fraction of sp³-hybridized carbons (Fsp3) is 0.261. The van der Waals surface area contributed by atoms with Crippen molar-refractivity contribution >= 4 is 40.7 Å². The summed E-state index contributed by atoms with van der Waals surface area (Å²) in [5.74, 6) is -1.46. The van der Waals surface area contributed by atoms with Gasteiger partial charge in [-0.25, -0.2) is 0 Å². The zero-order valence-corrected chi connectivity index (χ0v) is 17.9. The van der Waals surface area contributed by atoms with Gasteiger partial charge in [-0.1, -0.05) is 29.3 Å². The highest BCUT2D eigenvalue weighted by Crippen LogP contribution is 2.26. The van der Waals surface area contributed by atoms with Crippen LogP contribution in [0.25, 0.3) is 0 Å². The second kappa shape index (κ2) is 9.13. The van der Waals surface area contributed by atoms with Gasteiger partial charge >= 0.3 is 0 Å². The summed E-state index contributed by atoms with van der Waals surface area (Å²) in [5.41, 5.74) is 4.37. The lowest BCUT2D eigenvalue weighted by Gasteiger charge is -2.25. The first-order chi connectivity index (χ1) is 14.2. The molecule has 2 aromatic carbocycles.